The smallest absolute Gasteiger partial charge is 0.274 e. The van der Waals surface area contributed by atoms with Crippen molar-refractivity contribution in [3.63, 3.8) is 0 Å². The molecule has 0 radical (unpaired) electrons. The number of amides is 1. The molecule has 0 saturated heterocycles. The Morgan fingerprint density at radius 2 is 1.69 bits per heavy atom. The lowest BCUT2D eigenvalue weighted by atomic mass is 9.85. The van der Waals surface area contributed by atoms with Gasteiger partial charge in [0.1, 0.15) is 10.7 Å². The number of rotatable bonds is 10. The molecule has 2 aliphatic rings. The minimum absolute atomic E-state index is 0.183. The number of allylic oxidation sites excluding steroid dienone is 3. The number of carbonyl (C=O) groups excluding carboxylic acids is 1. The van der Waals surface area contributed by atoms with Crippen molar-refractivity contribution in [3.05, 3.63) is 144 Å². The second kappa shape index (κ2) is 15.6. The van der Waals surface area contributed by atoms with Crippen LogP contribution in [-0.4, -0.2) is 47.7 Å². The summed E-state index contributed by atoms with van der Waals surface area (Å²) in [5, 5.41) is 3.48. The molecule has 1 aliphatic carbocycles. The Labute approximate surface area is 298 Å². The lowest BCUT2D eigenvalue weighted by Gasteiger charge is -2.29. The molecule has 1 amide bonds. The first-order chi connectivity index (χ1) is 24.6. The number of methoxy groups -OCH3 is 2. The van der Waals surface area contributed by atoms with Gasteiger partial charge >= 0.3 is 0 Å². The SMILES string of the molecule is C=C(C)[C@@H]1CC=C(C=c2c(=O)[nH]c(=Cc3ccc(C(=O)Nc4ccc(CCN5CCc6cc(OC)c(OC)cc6C5)cc4)cc3)c(=O)n2C)CC1. The van der Waals surface area contributed by atoms with Gasteiger partial charge in [0.2, 0.25) is 0 Å². The molecule has 4 aromatic rings. The highest BCUT2D eigenvalue weighted by Crippen LogP contribution is 2.33. The van der Waals surface area contributed by atoms with E-state index in [1.54, 1.807) is 51.6 Å². The molecule has 1 aromatic heterocycles. The summed E-state index contributed by atoms with van der Waals surface area (Å²) in [6.07, 6.45) is 10.2. The standard InChI is InChI=1S/C42H46N4O5/c1-27(2)31-12-6-30(7-13-31)23-37-41(48)44-36(42(49)45(37)3)22-29-8-14-32(15-9-29)40(47)43-35-16-10-28(11-17-35)18-20-46-21-19-33-24-38(50-4)39(51-5)25-34(33)26-46/h6,8-11,14-17,22-25,31H,1,7,12-13,18-21,26H2,2-5H3,(H,43,47)(H,44,48)/t31-/m1/s1. The molecule has 0 unspecified atom stereocenters. The van der Waals surface area contributed by atoms with Crippen LogP contribution in [0.1, 0.15) is 58.8 Å². The minimum atomic E-state index is -0.326. The van der Waals surface area contributed by atoms with Crippen LogP contribution in [0.15, 0.2) is 94.1 Å². The van der Waals surface area contributed by atoms with E-state index in [1.807, 2.05) is 25.1 Å². The van der Waals surface area contributed by atoms with E-state index in [0.717, 1.165) is 68.8 Å². The third kappa shape index (κ3) is 8.32. The third-order valence-electron chi connectivity index (χ3n) is 10.1. The van der Waals surface area contributed by atoms with Crippen LogP contribution in [0.4, 0.5) is 5.69 Å². The monoisotopic (exact) mass is 686 g/mol. The van der Waals surface area contributed by atoms with Crippen molar-refractivity contribution in [1.82, 2.24) is 14.5 Å². The topological polar surface area (TPSA) is 106 Å². The van der Waals surface area contributed by atoms with Crippen molar-refractivity contribution < 1.29 is 14.3 Å². The van der Waals surface area contributed by atoms with Gasteiger partial charge in [-0.2, -0.15) is 0 Å². The first-order valence-corrected chi connectivity index (χ1v) is 17.5. The second-order valence-corrected chi connectivity index (χ2v) is 13.5. The van der Waals surface area contributed by atoms with Crippen molar-refractivity contribution in [2.24, 2.45) is 13.0 Å². The van der Waals surface area contributed by atoms with Gasteiger partial charge in [0.25, 0.3) is 17.0 Å². The summed E-state index contributed by atoms with van der Waals surface area (Å²) in [5.74, 6) is 1.76. The van der Waals surface area contributed by atoms with Gasteiger partial charge < -0.3 is 24.3 Å². The lowest BCUT2D eigenvalue weighted by molar-refractivity contribution is 0.102. The van der Waals surface area contributed by atoms with Crippen LogP contribution >= 0.6 is 0 Å². The highest BCUT2D eigenvalue weighted by molar-refractivity contribution is 6.04. The molecule has 9 nitrogen and oxygen atoms in total. The number of anilines is 1. The van der Waals surface area contributed by atoms with Crippen molar-refractivity contribution in [2.45, 2.75) is 45.6 Å². The Morgan fingerprint density at radius 3 is 2.33 bits per heavy atom. The average Bonchev–Trinajstić information content (AvgIpc) is 3.15. The number of fused-ring (bicyclic) bond motifs is 1. The molecule has 0 fully saturated rings. The summed E-state index contributed by atoms with van der Waals surface area (Å²) in [5.41, 5.74) is 7.27. The maximum absolute atomic E-state index is 13.2. The first kappa shape index (κ1) is 35.4. The Hall–Kier alpha value is -5.41. The van der Waals surface area contributed by atoms with Crippen LogP contribution in [0.2, 0.25) is 0 Å². The van der Waals surface area contributed by atoms with Crippen molar-refractivity contribution >= 4 is 23.7 Å². The van der Waals surface area contributed by atoms with E-state index in [-0.39, 0.29) is 22.4 Å². The van der Waals surface area contributed by atoms with Gasteiger partial charge in [-0.1, -0.05) is 42.5 Å². The molecule has 6 rings (SSSR count). The molecule has 3 aromatic carbocycles. The number of carbonyl (C=O) groups is 1. The summed E-state index contributed by atoms with van der Waals surface area (Å²) >= 11 is 0. The summed E-state index contributed by atoms with van der Waals surface area (Å²) in [6, 6.07) is 19.0. The van der Waals surface area contributed by atoms with Crippen molar-refractivity contribution in [3.8, 4) is 11.5 Å². The lowest BCUT2D eigenvalue weighted by Crippen LogP contribution is -2.52. The highest BCUT2D eigenvalue weighted by Gasteiger charge is 2.19. The van der Waals surface area contributed by atoms with E-state index < -0.39 is 0 Å². The number of hydrogen-bond acceptors (Lipinski definition) is 6. The number of nitrogens with zero attached hydrogens (tertiary/aromatic N) is 2. The number of aromatic nitrogens is 2. The normalized spacial score (nSPS) is 16.7. The van der Waals surface area contributed by atoms with Gasteiger partial charge in [0, 0.05) is 37.9 Å². The van der Waals surface area contributed by atoms with Gasteiger partial charge in [-0.3, -0.25) is 19.3 Å². The molecular formula is C42H46N4O5. The summed E-state index contributed by atoms with van der Waals surface area (Å²) in [7, 11) is 4.95. The summed E-state index contributed by atoms with van der Waals surface area (Å²) < 4.78 is 12.4. The second-order valence-electron chi connectivity index (χ2n) is 13.5. The summed E-state index contributed by atoms with van der Waals surface area (Å²) in [6.45, 7) is 8.90. The fraction of sp³-hybridized carbons (Fsp3) is 0.310. The number of H-pyrrole nitrogens is 1. The Bertz CT molecular complexity index is 2210. The van der Waals surface area contributed by atoms with Crippen molar-refractivity contribution in [2.75, 3.05) is 32.6 Å². The third-order valence-corrected chi connectivity index (χ3v) is 10.1. The van der Waals surface area contributed by atoms with Crippen LogP contribution in [0.3, 0.4) is 0 Å². The molecule has 264 valence electrons. The molecule has 1 aliphatic heterocycles. The summed E-state index contributed by atoms with van der Waals surface area (Å²) in [4.78, 5) is 44.4. The fourth-order valence-corrected chi connectivity index (χ4v) is 6.83. The Kier molecular flexibility index (Phi) is 10.9. The van der Waals surface area contributed by atoms with Gasteiger partial charge in [-0.15, -0.1) is 0 Å². The van der Waals surface area contributed by atoms with Gasteiger partial charge in [-0.25, -0.2) is 0 Å². The van der Waals surface area contributed by atoms with Gasteiger partial charge in [-0.05, 0) is 121 Å². The molecular weight excluding hydrogens is 640 g/mol. The number of hydrogen-bond donors (Lipinski definition) is 2. The Balaban J connectivity index is 1.05. The molecule has 51 heavy (non-hydrogen) atoms. The average molecular weight is 687 g/mol. The van der Waals surface area contributed by atoms with Gasteiger partial charge in [0.15, 0.2) is 11.5 Å². The highest BCUT2D eigenvalue weighted by atomic mass is 16.5. The molecule has 2 N–H and O–H groups in total. The van der Waals surface area contributed by atoms with E-state index in [4.69, 9.17) is 9.47 Å². The van der Waals surface area contributed by atoms with Crippen LogP contribution in [0, 0.1) is 5.92 Å². The number of ether oxygens (including phenoxy) is 2. The molecule has 0 bridgehead atoms. The molecule has 2 heterocycles. The van der Waals surface area contributed by atoms with E-state index in [0.29, 0.717) is 28.1 Å². The number of nitrogens with one attached hydrogen (secondary N) is 2. The fourth-order valence-electron chi connectivity index (χ4n) is 6.83. The van der Waals surface area contributed by atoms with Crippen LogP contribution in [0.5, 0.6) is 11.5 Å². The Morgan fingerprint density at radius 1 is 0.980 bits per heavy atom. The predicted molar refractivity (Wildman–Crippen MR) is 203 cm³/mol. The molecule has 9 heteroatoms. The first-order valence-electron chi connectivity index (χ1n) is 17.5. The van der Waals surface area contributed by atoms with Crippen molar-refractivity contribution in [1.29, 1.82) is 0 Å². The maximum atomic E-state index is 13.2. The largest absolute Gasteiger partial charge is 0.493 e. The number of benzene rings is 3. The molecule has 0 saturated carbocycles. The predicted octanol–water partition coefficient (Wildman–Crippen LogP) is 4.86. The van der Waals surface area contributed by atoms with Crippen LogP contribution < -0.4 is 36.6 Å². The van der Waals surface area contributed by atoms with E-state index >= 15 is 0 Å². The van der Waals surface area contributed by atoms with E-state index in [9.17, 15) is 14.4 Å². The maximum Gasteiger partial charge on any atom is 0.274 e. The minimum Gasteiger partial charge on any atom is -0.493 e. The van der Waals surface area contributed by atoms with Gasteiger partial charge in [0.05, 0.1) is 14.2 Å². The molecule has 1 atom stereocenters. The van der Waals surface area contributed by atoms with Crippen LogP contribution in [-0.2, 0) is 26.4 Å². The zero-order chi connectivity index (χ0) is 36.1. The molecule has 0 spiro atoms. The quantitative estimate of drug-likeness (QED) is 0.231. The number of aromatic amines is 1. The van der Waals surface area contributed by atoms with E-state index in [2.05, 4.69) is 52.1 Å². The van der Waals surface area contributed by atoms with E-state index in [1.165, 1.54) is 26.8 Å². The zero-order valence-electron chi connectivity index (χ0n) is 29.9. The zero-order valence-corrected chi connectivity index (χ0v) is 29.9. The van der Waals surface area contributed by atoms with Crippen LogP contribution in [0.25, 0.3) is 12.2 Å².